The molecule has 0 aliphatic rings. The Morgan fingerprint density at radius 2 is 2.20 bits per heavy atom. The van der Waals surface area contributed by atoms with Gasteiger partial charge in [-0.3, -0.25) is 0 Å². The molecule has 0 fully saturated rings. The predicted molar refractivity (Wildman–Crippen MR) is 50.4 cm³/mol. The Bertz CT molecular complexity index is 462. The van der Waals surface area contributed by atoms with Crippen LogP contribution in [0.1, 0.15) is 11.5 Å². The highest BCUT2D eigenvalue weighted by atomic mass is 19.1. The highest BCUT2D eigenvalue weighted by Gasteiger charge is 2.08. The molecule has 0 bridgehead atoms. The van der Waals surface area contributed by atoms with Gasteiger partial charge in [0.15, 0.2) is 0 Å². The molecule has 0 aliphatic carbocycles. The molecule has 0 atom stereocenters. The molecule has 1 aromatic carbocycles. The molecule has 0 radical (unpaired) electrons. The summed E-state index contributed by atoms with van der Waals surface area (Å²) in [6.45, 7) is 1.46. The number of aromatic nitrogens is 2. The Morgan fingerprint density at radius 3 is 2.80 bits per heavy atom. The molecule has 2 rings (SSSR count). The maximum atomic E-state index is 13.1. The Kier molecular flexibility index (Phi) is 2.47. The van der Waals surface area contributed by atoms with E-state index < -0.39 is 0 Å². The molecule has 15 heavy (non-hydrogen) atoms. The molecule has 4 nitrogen and oxygen atoms in total. The number of hydrogen-bond acceptors (Lipinski definition) is 4. The van der Waals surface area contributed by atoms with Crippen molar-refractivity contribution in [1.82, 2.24) is 10.1 Å². The van der Waals surface area contributed by atoms with E-state index in [9.17, 15) is 4.39 Å². The van der Waals surface area contributed by atoms with Crippen LogP contribution in [0.15, 0.2) is 22.7 Å². The SMILES string of the molecule is Cc1cc(F)cc(-c2noc(CO)n2)c1. The molecule has 0 amide bonds. The maximum absolute atomic E-state index is 13.1. The second-order valence-corrected chi connectivity index (χ2v) is 3.19. The topological polar surface area (TPSA) is 59.2 Å². The van der Waals surface area contributed by atoms with E-state index in [0.717, 1.165) is 5.56 Å². The Balaban J connectivity index is 2.44. The van der Waals surface area contributed by atoms with Gasteiger partial charge in [-0.2, -0.15) is 4.98 Å². The lowest BCUT2D eigenvalue weighted by molar-refractivity contribution is 0.222. The Hall–Kier alpha value is -1.75. The minimum atomic E-state index is -0.347. The van der Waals surface area contributed by atoms with Crippen molar-refractivity contribution >= 4 is 0 Å². The Morgan fingerprint density at radius 1 is 1.40 bits per heavy atom. The van der Waals surface area contributed by atoms with Crippen LogP contribution >= 0.6 is 0 Å². The zero-order valence-electron chi connectivity index (χ0n) is 8.07. The quantitative estimate of drug-likeness (QED) is 0.815. The summed E-state index contributed by atoms with van der Waals surface area (Å²) in [7, 11) is 0. The van der Waals surface area contributed by atoms with E-state index in [1.54, 1.807) is 13.0 Å². The van der Waals surface area contributed by atoms with Crippen LogP contribution < -0.4 is 0 Å². The normalized spacial score (nSPS) is 10.6. The predicted octanol–water partition coefficient (Wildman–Crippen LogP) is 1.68. The van der Waals surface area contributed by atoms with Crippen molar-refractivity contribution in [3.8, 4) is 11.4 Å². The van der Waals surface area contributed by atoms with Gasteiger partial charge < -0.3 is 9.63 Å². The van der Waals surface area contributed by atoms with Gasteiger partial charge in [0.25, 0.3) is 5.89 Å². The average Bonchev–Trinajstić information content (AvgIpc) is 2.64. The fraction of sp³-hybridized carbons (Fsp3) is 0.200. The zero-order chi connectivity index (χ0) is 10.8. The van der Waals surface area contributed by atoms with Gasteiger partial charge in [-0.25, -0.2) is 4.39 Å². The first-order valence-corrected chi connectivity index (χ1v) is 4.40. The van der Waals surface area contributed by atoms with Gasteiger partial charge in [0.05, 0.1) is 0 Å². The summed E-state index contributed by atoms with van der Waals surface area (Å²) >= 11 is 0. The number of aliphatic hydroxyl groups excluding tert-OH is 1. The number of rotatable bonds is 2. The van der Waals surface area contributed by atoms with Crippen LogP contribution in [0.5, 0.6) is 0 Å². The molecule has 1 aromatic heterocycles. The molecule has 1 heterocycles. The molecule has 78 valence electrons. The van der Waals surface area contributed by atoms with Crippen molar-refractivity contribution in [3.05, 3.63) is 35.5 Å². The minimum absolute atomic E-state index is 0.118. The van der Waals surface area contributed by atoms with E-state index in [2.05, 4.69) is 10.1 Å². The number of hydrogen-bond donors (Lipinski definition) is 1. The van der Waals surface area contributed by atoms with Crippen LogP contribution in [0, 0.1) is 12.7 Å². The van der Waals surface area contributed by atoms with Gasteiger partial charge in [-0.15, -0.1) is 0 Å². The summed E-state index contributed by atoms with van der Waals surface area (Å²) in [6, 6.07) is 4.48. The largest absolute Gasteiger partial charge is 0.387 e. The van der Waals surface area contributed by atoms with E-state index >= 15 is 0 Å². The first-order valence-electron chi connectivity index (χ1n) is 4.40. The smallest absolute Gasteiger partial charge is 0.252 e. The molecule has 0 saturated heterocycles. The van der Waals surface area contributed by atoms with Crippen molar-refractivity contribution in [2.75, 3.05) is 0 Å². The molecule has 0 saturated carbocycles. The summed E-state index contributed by atoms with van der Waals surface area (Å²) in [6.07, 6.45) is 0. The minimum Gasteiger partial charge on any atom is -0.387 e. The lowest BCUT2D eigenvalue weighted by Crippen LogP contribution is -1.86. The lowest BCUT2D eigenvalue weighted by Gasteiger charge is -1.97. The van der Waals surface area contributed by atoms with E-state index in [4.69, 9.17) is 9.63 Å². The third kappa shape index (κ3) is 2.02. The number of nitrogens with zero attached hydrogens (tertiary/aromatic N) is 2. The van der Waals surface area contributed by atoms with E-state index in [0.29, 0.717) is 5.56 Å². The monoisotopic (exact) mass is 208 g/mol. The molecule has 0 aliphatic heterocycles. The molecular formula is C10H9FN2O2. The van der Waals surface area contributed by atoms with Gasteiger partial charge >= 0.3 is 0 Å². The summed E-state index contributed by atoms with van der Waals surface area (Å²) in [5.41, 5.74) is 1.32. The number of halogens is 1. The molecule has 5 heteroatoms. The van der Waals surface area contributed by atoms with E-state index in [-0.39, 0.29) is 24.1 Å². The average molecular weight is 208 g/mol. The van der Waals surface area contributed by atoms with Crippen molar-refractivity contribution < 1.29 is 14.0 Å². The van der Waals surface area contributed by atoms with Gasteiger partial charge in [0, 0.05) is 5.56 Å². The highest BCUT2D eigenvalue weighted by Crippen LogP contribution is 2.18. The third-order valence-corrected chi connectivity index (χ3v) is 1.90. The lowest BCUT2D eigenvalue weighted by atomic mass is 10.1. The van der Waals surface area contributed by atoms with Crippen LogP contribution in [0.2, 0.25) is 0 Å². The van der Waals surface area contributed by atoms with Crippen LogP contribution in [0.25, 0.3) is 11.4 Å². The van der Waals surface area contributed by atoms with E-state index in [1.165, 1.54) is 12.1 Å². The van der Waals surface area contributed by atoms with Crippen LogP contribution in [-0.4, -0.2) is 15.2 Å². The first-order chi connectivity index (χ1) is 7.19. The van der Waals surface area contributed by atoms with Gasteiger partial charge in [-0.05, 0) is 30.7 Å². The second-order valence-electron chi connectivity index (χ2n) is 3.19. The molecule has 0 spiro atoms. The van der Waals surface area contributed by atoms with Crippen molar-refractivity contribution in [2.45, 2.75) is 13.5 Å². The van der Waals surface area contributed by atoms with Crippen LogP contribution in [0.3, 0.4) is 0 Å². The van der Waals surface area contributed by atoms with Crippen molar-refractivity contribution in [3.63, 3.8) is 0 Å². The number of benzene rings is 1. The summed E-state index contributed by atoms with van der Waals surface area (Å²) < 4.78 is 17.8. The fourth-order valence-electron chi connectivity index (χ4n) is 1.30. The fourth-order valence-corrected chi connectivity index (χ4v) is 1.30. The number of aryl methyl sites for hydroxylation is 1. The van der Waals surface area contributed by atoms with Crippen LogP contribution in [-0.2, 0) is 6.61 Å². The first kappa shape index (κ1) is 9.79. The summed E-state index contributed by atoms with van der Waals surface area (Å²) in [5, 5.41) is 12.4. The Labute approximate surface area is 85.4 Å². The van der Waals surface area contributed by atoms with Gasteiger partial charge in [0.2, 0.25) is 5.82 Å². The molecule has 0 unspecified atom stereocenters. The van der Waals surface area contributed by atoms with Crippen molar-refractivity contribution in [1.29, 1.82) is 0 Å². The van der Waals surface area contributed by atoms with Gasteiger partial charge in [-0.1, -0.05) is 5.16 Å². The molecular weight excluding hydrogens is 199 g/mol. The standard InChI is InChI=1S/C10H9FN2O2/c1-6-2-7(4-8(11)3-6)10-12-9(5-14)15-13-10/h2-4,14H,5H2,1H3. The molecule has 2 aromatic rings. The summed E-state index contributed by atoms with van der Waals surface area (Å²) in [4.78, 5) is 3.89. The second kappa shape index (κ2) is 3.78. The van der Waals surface area contributed by atoms with E-state index in [1.807, 2.05) is 0 Å². The number of aliphatic hydroxyl groups is 1. The van der Waals surface area contributed by atoms with Gasteiger partial charge in [0.1, 0.15) is 12.4 Å². The maximum Gasteiger partial charge on any atom is 0.252 e. The van der Waals surface area contributed by atoms with Crippen molar-refractivity contribution in [2.24, 2.45) is 0 Å². The summed E-state index contributed by atoms with van der Waals surface area (Å²) in [5.74, 6) is 0.0499. The van der Waals surface area contributed by atoms with Crippen LogP contribution in [0.4, 0.5) is 4.39 Å². The molecule has 1 N–H and O–H groups in total. The third-order valence-electron chi connectivity index (χ3n) is 1.90. The zero-order valence-corrected chi connectivity index (χ0v) is 8.07. The highest BCUT2D eigenvalue weighted by molar-refractivity contribution is 5.55.